The number of rotatable bonds is 5. The number of amides is 1. The summed E-state index contributed by atoms with van der Waals surface area (Å²) in [5, 5.41) is 11.4. The summed E-state index contributed by atoms with van der Waals surface area (Å²) in [5.74, 6) is 0.152. The highest BCUT2D eigenvalue weighted by Gasteiger charge is 2.56. The average Bonchev–Trinajstić information content (AvgIpc) is 2.91. The Morgan fingerprint density at radius 2 is 1.93 bits per heavy atom. The average molecular weight is 392 g/mol. The molecule has 0 aromatic carbocycles. The van der Waals surface area contributed by atoms with Gasteiger partial charge in [0.25, 0.3) is 0 Å². The lowest BCUT2D eigenvalue weighted by atomic mass is 9.51. The summed E-state index contributed by atoms with van der Waals surface area (Å²) >= 11 is 0. The smallest absolute Gasteiger partial charge is 0.302 e. The summed E-state index contributed by atoms with van der Waals surface area (Å²) in [7, 11) is 0. The van der Waals surface area contributed by atoms with Gasteiger partial charge in [-0.3, -0.25) is 9.59 Å². The SMILES string of the molecule is C=C1CC[C@H]2[C@H](O)[C@@H]([C@@]3(C)CC[C@H](OC(C)=O)C[C@@H]3CCC(N)=O)CC[C@]12C. The fraction of sp³-hybridized carbons (Fsp3) is 0.826. The summed E-state index contributed by atoms with van der Waals surface area (Å²) < 4.78 is 5.51. The molecule has 0 radical (unpaired) electrons. The van der Waals surface area contributed by atoms with E-state index in [9.17, 15) is 14.7 Å². The van der Waals surface area contributed by atoms with Crippen LogP contribution in [0.25, 0.3) is 0 Å². The number of hydrogen-bond donors (Lipinski definition) is 2. The molecule has 7 atom stereocenters. The molecule has 0 heterocycles. The van der Waals surface area contributed by atoms with E-state index in [4.69, 9.17) is 10.5 Å². The Labute approximate surface area is 169 Å². The topological polar surface area (TPSA) is 89.6 Å². The van der Waals surface area contributed by atoms with Gasteiger partial charge in [0.15, 0.2) is 0 Å². The standard InChI is InChI=1S/C23H37NO4/c1-14-5-7-18-21(27)19(10-12-22(14,18)3)23(4)11-9-17(28-15(2)25)13-16(23)6-8-20(24)26/h16-19,21,27H,1,5-13H2,2-4H3,(H2,24,26)/t16-,17-,18-,19-,21-,22+,23-/m0/s1. The second-order valence-electron chi connectivity index (χ2n) is 10.0. The van der Waals surface area contributed by atoms with Crippen molar-refractivity contribution in [1.29, 1.82) is 0 Å². The third-order valence-electron chi connectivity index (χ3n) is 8.59. The van der Waals surface area contributed by atoms with Crippen LogP contribution >= 0.6 is 0 Å². The predicted molar refractivity (Wildman–Crippen MR) is 108 cm³/mol. The zero-order valence-electron chi connectivity index (χ0n) is 17.7. The minimum Gasteiger partial charge on any atom is -0.463 e. The molecule has 3 aliphatic carbocycles. The summed E-state index contributed by atoms with van der Waals surface area (Å²) in [4.78, 5) is 22.9. The second-order valence-corrected chi connectivity index (χ2v) is 10.0. The monoisotopic (exact) mass is 391 g/mol. The van der Waals surface area contributed by atoms with Crippen molar-refractivity contribution in [2.24, 2.45) is 34.3 Å². The van der Waals surface area contributed by atoms with E-state index in [0.717, 1.165) is 44.9 Å². The van der Waals surface area contributed by atoms with Crippen LogP contribution in [-0.2, 0) is 14.3 Å². The first-order valence-electron chi connectivity index (χ1n) is 10.9. The number of allylic oxidation sites excluding steroid dienone is 1. The van der Waals surface area contributed by atoms with Gasteiger partial charge >= 0.3 is 5.97 Å². The van der Waals surface area contributed by atoms with Crippen LogP contribution in [0, 0.1) is 28.6 Å². The molecule has 158 valence electrons. The molecule has 3 aliphatic rings. The van der Waals surface area contributed by atoms with Crippen LogP contribution in [0.15, 0.2) is 12.2 Å². The fourth-order valence-corrected chi connectivity index (χ4v) is 6.71. The Morgan fingerprint density at radius 3 is 2.57 bits per heavy atom. The maximum atomic E-state index is 11.5. The number of carbonyl (C=O) groups excluding carboxylic acids is 2. The Hall–Kier alpha value is -1.36. The molecule has 0 aromatic rings. The maximum Gasteiger partial charge on any atom is 0.302 e. The van der Waals surface area contributed by atoms with E-state index in [1.807, 2.05) is 0 Å². The van der Waals surface area contributed by atoms with Gasteiger partial charge in [0.05, 0.1) is 6.10 Å². The number of esters is 1. The molecule has 5 nitrogen and oxygen atoms in total. The summed E-state index contributed by atoms with van der Waals surface area (Å²) in [6.45, 7) is 10.3. The lowest BCUT2D eigenvalue weighted by Crippen LogP contribution is -2.53. The van der Waals surface area contributed by atoms with Gasteiger partial charge in [0.2, 0.25) is 5.91 Å². The van der Waals surface area contributed by atoms with E-state index in [2.05, 4.69) is 20.4 Å². The third-order valence-corrected chi connectivity index (χ3v) is 8.59. The van der Waals surface area contributed by atoms with Gasteiger partial charge in [-0.1, -0.05) is 26.0 Å². The lowest BCUT2D eigenvalue weighted by Gasteiger charge is -2.55. The first-order chi connectivity index (χ1) is 13.1. The molecule has 0 spiro atoms. The normalized spacial score (nSPS) is 43.4. The van der Waals surface area contributed by atoms with Gasteiger partial charge in [-0.2, -0.15) is 0 Å². The highest BCUT2D eigenvalue weighted by atomic mass is 16.5. The summed E-state index contributed by atoms with van der Waals surface area (Å²) in [6.07, 6.45) is 7.16. The highest BCUT2D eigenvalue weighted by Crippen LogP contribution is 2.61. The molecular formula is C23H37NO4. The molecule has 28 heavy (non-hydrogen) atoms. The number of aliphatic hydroxyl groups excluding tert-OH is 1. The molecule has 0 bridgehead atoms. The van der Waals surface area contributed by atoms with E-state index < -0.39 is 0 Å². The zero-order chi connectivity index (χ0) is 20.7. The van der Waals surface area contributed by atoms with Crippen molar-refractivity contribution in [3.63, 3.8) is 0 Å². The molecule has 0 saturated heterocycles. The Balaban J connectivity index is 1.81. The predicted octanol–water partition coefficient (Wildman–Crippen LogP) is 3.73. The van der Waals surface area contributed by atoms with Gasteiger partial charge in [-0.25, -0.2) is 0 Å². The number of fused-ring (bicyclic) bond motifs is 1. The molecule has 0 aliphatic heterocycles. The molecule has 1 amide bonds. The highest BCUT2D eigenvalue weighted by molar-refractivity contribution is 5.73. The molecular weight excluding hydrogens is 354 g/mol. The van der Waals surface area contributed by atoms with Crippen LogP contribution in [0.4, 0.5) is 0 Å². The van der Waals surface area contributed by atoms with Crippen LogP contribution < -0.4 is 5.73 Å². The first kappa shape index (κ1) is 21.4. The van der Waals surface area contributed by atoms with Gasteiger partial charge in [0.1, 0.15) is 6.10 Å². The maximum absolute atomic E-state index is 11.5. The van der Waals surface area contributed by atoms with Gasteiger partial charge in [-0.05, 0) is 80.0 Å². The van der Waals surface area contributed by atoms with Crippen LogP contribution in [0.5, 0.6) is 0 Å². The van der Waals surface area contributed by atoms with Crippen molar-refractivity contribution in [1.82, 2.24) is 0 Å². The first-order valence-corrected chi connectivity index (χ1v) is 10.9. The quantitative estimate of drug-likeness (QED) is 0.552. The largest absolute Gasteiger partial charge is 0.463 e. The number of primary amides is 1. The van der Waals surface area contributed by atoms with E-state index in [-0.39, 0.29) is 52.7 Å². The van der Waals surface area contributed by atoms with E-state index in [0.29, 0.717) is 12.8 Å². The zero-order valence-corrected chi connectivity index (χ0v) is 17.7. The molecule has 3 rings (SSSR count). The summed E-state index contributed by atoms with van der Waals surface area (Å²) in [6, 6.07) is 0. The fourth-order valence-electron chi connectivity index (χ4n) is 6.71. The van der Waals surface area contributed by atoms with Crippen LogP contribution in [-0.4, -0.2) is 29.2 Å². The molecule has 0 unspecified atom stereocenters. The van der Waals surface area contributed by atoms with Crippen molar-refractivity contribution >= 4 is 11.9 Å². The van der Waals surface area contributed by atoms with Crippen molar-refractivity contribution in [3.05, 3.63) is 12.2 Å². The number of hydrogen-bond acceptors (Lipinski definition) is 4. The van der Waals surface area contributed by atoms with Crippen molar-refractivity contribution in [2.45, 2.75) is 90.8 Å². The minimum absolute atomic E-state index is 0.0595. The summed E-state index contributed by atoms with van der Waals surface area (Å²) in [5.41, 5.74) is 6.72. The Kier molecular flexibility index (Phi) is 5.96. The van der Waals surface area contributed by atoms with Gasteiger partial charge in [0, 0.05) is 13.3 Å². The van der Waals surface area contributed by atoms with Crippen molar-refractivity contribution < 1.29 is 19.4 Å². The van der Waals surface area contributed by atoms with Crippen molar-refractivity contribution in [3.8, 4) is 0 Å². The molecule has 3 N–H and O–H groups in total. The lowest BCUT2D eigenvalue weighted by molar-refractivity contribution is -0.157. The van der Waals surface area contributed by atoms with E-state index >= 15 is 0 Å². The minimum atomic E-state index is -0.343. The molecule has 3 fully saturated rings. The van der Waals surface area contributed by atoms with Crippen LogP contribution in [0.3, 0.4) is 0 Å². The number of nitrogens with two attached hydrogens (primary N) is 1. The second kappa shape index (κ2) is 7.81. The molecule has 5 heteroatoms. The van der Waals surface area contributed by atoms with Crippen molar-refractivity contribution in [2.75, 3.05) is 0 Å². The van der Waals surface area contributed by atoms with E-state index in [1.165, 1.54) is 12.5 Å². The van der Waals surface area contributed by atoms with Gasteiger partial charge in [-0.15, -0.1) is 0 Å². The van der Waals surface area contributed by atoms with Crippen LogP contribution in [0.1, 0.15) is 78.6 Å². The third kappa shape index (κ3) is 3.74. The molecule has 3 saturated carbocycles. The van der Waals surface area contributed by atoms with Crippen LogP contribution in [0.2, 0.25) is 0 Å². The molecule has 0 aromatic heterocycles. The number of ether oxygens (including phenoxy) is 1. The van der Waals surface area contributed by atoms with E-state index in [1.54, 1.807) is 0 Å². The Bertz CT molecular complexity index is 647. The number of aliphatic hydroxyl groups is 1. The van der Waals surface area contributed by atoms with Gasteiger partial charge < -0.3 is 15.6 Å². The number of carbonyl (C=O) groups is 2. The Morgan fingerprint density at radius 1 is 1.21 bits per heavy atom.